The summed E-state index contributed by atoms with van der Waals surface area (Å²) in [6.45, 7) is 5.47. The van der Waals surface area contributed by atoms with Gasteiger partial charge in [-0.3, -0.25) is 0 Å². The number of rotatable bonds is 8. The van der Waals surface area contributed by atoms with E-state index in [1.807, 2.05) is 24.3 Å². The molecule has 0 heterocycles. The van der Waals surface area contributed by atoms with Crippen molar-refractivity contribution in [1.82, 2.24) is 5.32 Å². The fraction of sp³-hybridized carbons (Fsp3) is 0.600. The summed E-state index contributed by atoms with van der Waals surface area (Å²) in [6, 6.07) is 8.34. The lowest BCUT2D eigenvalue weighted by Crippen LogP contribution is -2.21. The lowest BCUT2D eigenvalue weighted by molar-refractivity contribution is -0.138. The minimum Gasteiger partial charge on any atom is -0.377 e. The quantitative estimate of drug-likeness (QED) is 0.729. The number of ether oxygens (including phenoxy) is 1. The zero-order valence-electron chi connectivity index (χ0n) is 12.0. The summed E-state index contributed by atoms with van der Waals surface area (Å²) in [5.74, 6) is 0. The van der Waals surface area contributed by atoms with Crippen molar-refractivity contribution < 1.29 is 17.9 Å². The molecule has 0 saturated carbocycles. The molecule has 0 spiro atoms. The summed E-state index contributed by atoms with van der Waals surface area (Å²) >= 11 is 0. The van der Waals surface area contributed by atoms with Crippen molar-refractivity contribution in [3.8, 4) is 0 Å². The van der Waals surface area contributed by atoms with Crippen LogP contribution in [-0.2, 0) is 17.9 Å². The van der Waals surface area contributed by atoms with Gasteiger partial charge in [-0.2, -0.15) is 13.2 Å². The Bertz CT molecular complexity index is 374. The monoisotopic (exact) mass is 289 g/mol. The van der Waals surface area contributed by atoms with Crippen molar-refractivity contribution in [2.75, 3.05) is 6.61 Å². The summed E-state index contributed by atoms with van der Waals surface area (Å²) in [4.78, 5) is 0. The van der Waals surface area contributed by atoms with Crippen molar-refractivity contribution in [2.24, 2.45) is 0 Å². The third-order valence-corrected chi connectivity index (χ3v) is 2.76. The highest BCUT2D eigenvalue weighted by Gasteiger charge is 2.25. The molecule has 0 aromatic heterocycles. The van der Waals surface area contributed by atoms with Crippen LogP contribution in [0.5, 0.6) is 0 Å². The summed E-state index contributed by atoms with van der Waals surface area (Å²) in [5, 5.41) is 3.32. The van der Waals surface area contributed by atoms with Gasteiger partial charge in [-0.05, 0) is 17.5 Å². The van der Waals surface area contributed by atoms with Crippen molar-refractivity contribution in [3.63, 3.8) is 0 Å². The minimum absolute atomic E-state index is 0.0138. The van der Waals surface area contributed by atoms with E-state index in [9.17, 15) is 13.2 Å². The summed E-state index contributed by atoms with van der Waals surface area (Å²) in [6.07, 6.45) is -4.86. The molecule has 0 saturated heterocycles. The Kier molecular flexibility index (Phi) is 7.02. The number of benzene rings is 1. The van der Waals surface area contributed by atoms with Crippen molar-refractivity contribution >= 4 is 0 Å². The molecule has 1 rings (SSSR count). The van der Waals surface area contributed by atoms with Gasteiger partial charge >= 0.3 is 6.18 Å². The van der Waals surface area contributed by atoms with Crippen LogP contribution in [0.1, 0.15) is 37.8 Å². The lowest BCUT2D eigenvalue weighted by Gasteiger charge is -2.09. The standard InChI is InChI=1S/C15H22F3NO/c1-12(2)19-10-13-4-6-14(7-5-13)11-20-9-3-8-15(16,17)18/h4-7,12,19H,3,8-11H2,1-2H3. The first-order valence-corrected chi connectivity index (χ1v) is 6.82. The van der Waals surface area contributed by atoms with Crippen LogP contribution >= 0.6 is 0 Å². The molecule has 0 fully saturated rings. The van der Waals surface area contributed by atoms with Crippen LogP contribution in [0.4, 0.5) is 13.2 Å². The third-order valence-electron chi connectivity index (χ3n) is 2.76. The van der Waals surface area contributed by atoms with Gasteiger partial charge in [0.15, 0.2) is 0 Å². The molecule has 2 nitrogen and oxygen atoms in total. The predicted octanol–water partition coefficient (Wildman–Crippen LogP) is 4.04. The highest BCUT2D eigenvalue weighted by molar-refractivity contribution is 5.21. The zero-order chi connectivity index (χ0) is 15.0. The predicted molar refractivity (Wildman–Crippen MR) is 73.4 cm³/mol. The molecule has 20 heavy (non-hydrogen) atoms. The molecule has 0 aliphatic heterocycles. The van der Waals surface area contributed by atoms with Crippen LogP contribution in [0.3, 0.4) is 0 Å². The maximum atomic E-state index is 11.9. The normalized spacial score (nSPS) is 12.1. The van der Waals surface area contributed by atoms with E-state index in [0.29, 0.717) is 12.6 Å². The maximum Gasteiger partial charge on any atom is 0.389 e. The first kappa shape index (κ1) is 17.0. The smallest absolute Gasteiger partial charge is 0.377 e. The van der Waals surface area contributed by atoms with E-state index in [2.05, 4.69) is 19.2 Å². The van der Waals surface area contributed by atoms with Gasteiger partial charge in [0.05, 0.1) is 6.61 Å². The first-order chi connectivity index (χ1) is 9.37. The SMILES string of the molecule is CC(C)NCc1ccc(COCCCC(F)(F)F)cc1. The average Bonchev–Trinajstić information content (AvgIpc) is 2.36. The number of hydrogen-bond donors (Lipinski definition) is 1. The molecule has 114 valence electrons. The Balaban J connectivity index is 2.21. The Labute approximate surface area is 118 Å². The molecular formula is C15H22F3NO. The van der Waals surface area contributed by atoms with Gasteiger partial charge in [0.2, 0.25) is 0 Å². The summed E-state index contributed by atoms with van der Waals surface area (Å²) < 4.78 is 41.0. The number of hydrogen-bond acceptors (Lipinski definition) is 2. The van der Waals surface area contributed by atoms with E-state index in [1.165, 1.54) is 5.56 Å². The summed E-state index contributed by atoms with van der Waals surface area (Å²) in [5.41, 5.74) is 2.16. The molecule has 0 radical (unpaired) electrons. The van der Waals surface area contributed by atoms with Gasteiger partial charge in [-0.25, -0.2) is 0 Å². The topological polar surface area (TPSA) is 21.3 Å². The van der Waals surface area contributed by atoms with E-state index < -0.39 is 12.6 Å². The second kappa shape index (κ2) is 8.27. The van der Waals surface area contributed by atoms with Gasteiger partial charge in [-0.1, -0.05) is 38.1 Å². The van der Waals surface area contributed by atoms with Gasteiger partial charge in [0, 0.05) is 25.6 Å². The number of nitrogens with one attached hydrogen (secondary N) is 1. The minimum atomic E-state index is -4.09. The molecule has 5 heteroatoms. The second-order valence-corrected chi connectivity index (χ2v) is 5.12. The Morgan fingerprint density at radius 1 is 1.10 bits per heavy atom. The molecule has 0 aliphatic carbocycles. The van der Waals surface area contributed by atoms with Gasteiger partial charge in [0.25, 0.3) is 0 Å². The van der Waals surface area contributed by atoms with Crippen LogP contribution < -0.4 is 5.32 Å². The van der Waals surface area contributed by atoms with Gasteiger partial charge in [-0.15, -0.1) is 0 Å². The molecular weight excluding hydrogens is 267 g/mol. The highest BCUT2D eigenvalue weighted by atomic mass is 19.4. The van der Waals surface area contributed by atoms with E-state index in [1.54, 1.807) is 0 Å². The molecule has 0 atom stereocenters. The van der Waals surface area contributed by atoms with Crippen LogP contribution in [0, 0.1) is 0 Å². The first-order valence-electron chi connectivity index (χ1n) is 6.82. The van der Waals surface area contributed by atoms with E-state index >= 15 is 0 Å². The fourth-order valence-electron chi connectivity index (χ4n) is 1.64. The van der Waals surface area contributed by atoms with E-state index in [-0.39, 0.29) is 13.0 Å². The molecule has 1 aromatic carbocycles. The Morgan fingerprint density at radius 3 is 2.25 bits per heavy atom. The number of alkyl halides is 3. The molecule has 0 amide bonds. The van der Waals surface area contributed by atoms with Crippen molar-refractivity contribution in [3.05, 3.63) is 35.4 Å². The third kappa shape index (κ3) is 8.17. The average molecular weight is 289 g/mol. The molecule has 0 unspecified atom stereocenters. The van der Waals surface area contributed by atoms with Crippen LogP contribution in [0.25, 0.3) is 0 Å². The largest absolute Gasteiger partial charge is 0.389 e. The Morgan fingerprint density at radius 2 is 1.70 bits per heavy atom. The highest BCUT2D eigenvalue weighted by Crippen LogP contribution is 2.21. The molecule has 1 N–H and O–H groups in total. The van der Waals surface area contributed by atoms with Gasteiger partial charge in [0.1, 0.15) is 0 Å². The zero-order valence-corrected chi connectivity index (χ0v) is 12.0. The molecule has 0 aliphatic rings. The maximum absolute atomic E-state index is 11.9. The fourth-order valence-corrected chi connectivity index (χ4v) is 1.64. The number of halogens is 3. The molecule has 1 aromatic rings. The molecule has 0 bridgehead atoms. The lowest BCUT2D eigenvalue weighted by atomic mass is 10.1. The van der Waals surface area contributed by atoms with Crippen molar-refractivity contribution in [1.29, 1.82) is 0 Å². The van der Waals surface area contributed by atoms with E-state index in [4.69, 9.17) is 4.74 Å². The van der Waals surface area contributed by atoms with Crippen molar-refractivity contribution in [2.45, 2.75) is 52.1 Å². The van der Waals surface area contributed by atoms with Crippen LogP contribution in [-0.4, -0.2) is 18.8 Å². The van der Waals surface area contributed by atoms with Crippen LogP contribution in [0.15, 0.2) is 24.3 Å². The second-order valence-electron chi connectivity index (χ2n) is 5.12. The summed E-state index contributed by atoms with van der Waals surface area (Å²) in [7, 11) is 0. The Hall–Kier alpha value is -1.07. The van der Waals surface area contributed by atoms with Crippen LogP contribution in [0.2, 0.25) is 0 Å². The van der Waals surface area contributed by atoms with E-state index in [0.717, 1.165) is 12.1 Å². The van der Waals surface area contributed by atoms with Gasteiger partial charge < -0.3 is 10.1 Å².